The third kappa shape index (κ3) is 4.32. The van der Waals surface area contributed by atoms with E-state index in [-0.39, 0.29) is 48.2 Å². The molecular weight excluding hydrogens is 479 g/mol. The normalized spacial score (nSPS) is 19.5. The number of aromatic nitrogens is 3. The van der Waals surface area contributed by atoms with Crippen molar-refractivity contribution in [2.75, 3.05) is 24.6 Å². The number of nitrogens with zero attached hydrogens (tertiary/aromatic N) is 4. The maximum atomic E-state index is 15.0. The SMILES string of the molecule is O=C(O)c1cn(-c2nccs2)c2nc(N3CC(O)(C(=O)CCC4CCCCO4)C3)c(F)cc2c1=O. The Morgan fingerprint density at radius 3 is 2.77 bits per heavy atom. The third-order valence-corrected chi connectivity index (χ3v) is 7.23. The first-order valence-corrected chi connectivity index (χ1v) is 12.2. The molecular formula is C23H23FN4O6S. The minimum absolute atomic E-state index is 0.0189. The molecule has 2 fully saturated rings. The number of ketones is 1. The van der Waals surface area contributed by atoms with Crippen LogP contribution in [-0.2, 0) is 9.53 Å². The Balaban J connectivity index is 1.41. The molecule has 5 heterocycles. The van der Waals surface area contributed by atoms with E-state index < -0.39 is 28.4 Å². The predicted molar refractivity (Wildman–Crippen MR) is 125 cm³/mol. The number of carbonyl (C=O) groups is 2. The molecule has 1 atom stereocenters. The number of carbonyl (C=O) groups excluding carboxylic acids is 1. The number of β-amino-alcohol motifs (C(OH)–C–C–N with tert-alkyl or cyclic N) is 1. The van der Waals surface area contributed by atoms with Crippen molar-refractivity contribution in [3.05, 3.63) is 45.4 Å². The number of carboxylic acid groups (broad SMARTS) is 1. The number of thiazole rings is 1. The van der Waals surface area contributed by atoms with Gasteiger partial charge in [-0.15, -0.1) is 11.3 Å². The van der Waals surface area contributed by atoms with E-state index >= 15 is 4.39 Å². The summed E-state index contributed by atoms with van der Waals surface area (Å²) in [4.78, 5) is 46.8. The van der Waals surface area contributed by atoms with Crippen LogP contribution in [0.3, 0.4) is 0 Å². The maximum Gasteiger partial charge on any atom is 0.341 e. The minimum Gasteiger partial charge on any atom is -0.477 e. The average Bonchev–Trinajstić information content (AvgIpc) is 3.36. The van der Waals surface area contributed by atoms with Gasteiger partial charge in [-0.1, -0.05) is 0 Å². The van der Waals surface area contributed by atoms with Crippen LogP contribution in [0.1, 0.15) is 42.5 Å². The highest BCUT2D eigenvalue weighted by atomic mass is 32.1. The van der Waals surface area contributed by atoms with Crippen LogP contribution in [-0.4, -0.2) is 67.9 Å². The highest BCUT2D eigenvalue weighted by molar-refractivity contribution is 7.12. The lowest BCUT2D eigenvalue weighted by Crippen LogP contribution is -2.66. The van der Waals surface area contributed by atoms with E-state index in [1.807, 2.05) is 0 Å². The van der Waals surface area contributed by atoms with Gasteiger partial charge in [0.15, 0.2) is 33.8 Å². The van der Waals surface area contributed by atoms with Gasteiger partial charge in [-0.2, -0.15) is 0 Å². The Morgan fingerprint density at radius 1 is 1.31 bits per heavy atom. The summed E-state index contributed by atoms with van der Waals surface area (Å²) in [5, 5.41) is 22.0. The van der Waals surface area contributed by atoms with Crippen LogP contribution in [0.2, 0.25) is 0 Å². The van der Waals surface area contributed by atoms with Gasteiger partial charge in [0.1, 0.15) is 5.56 Å². The number of aliphatic hydroxyl groups is 1. The summed E-state index contributed by atoms with van der Waals surface area (Å²) in [5.41, 5.74) is -2.98. The Bertz CT molecular complexity index is 1350. The van der Waals surface area contributed by atoms with E-state index in [1.54, 1.807) is 5.38 Å². The first kappa shape index (κ1) is 23.5. The third-order valence-electron chi connectivity index (χ3n) is 6.46. The van der Waals surface area contributed by atoms with E-state index in [0.29, 0.717) is 18.2 Å². The largest absolute Gasteiger partial charge is 0.477 e. The van der Waals surface area contributed by atoms with Crippen LogP contribution in [0.25, 0.3) is 16.2 Å². The molecule has 2 N–H and O–H groups in total. The molecule has 0 saturated carbocycles. The molecule has 0 radical (unpaired) electrons. The summed E-state index contributed by atoms with van der Waals surface area (Å²) < 4.78 is 22.0. The van der Waals surface area contributed by atoms with Gasteiger partial charge in [0.05, 0.1) is 24.6 Å². The number of aromatic carboxylic acids is 1. The number of anilines is 1. The number of rotatable bonds is 7. The lowest BCUT2D eigenvalue weighted by atomic mass is 9.86. The number of pyridine rings is 2. The first-order valence-electron chi connectivity index (χ1n) is 11.3. The highest BCUT2D eigenvalue weighted by Gasteiger charge is 2.48. The second kappa shape index (κ2) is 9.10. The number of halogens is 1. The van der Waals surface area contributed by atoms with Gasteiger partial charge < -0.3 is 19.8 Å². The van der Waals surface area contributed by atoms with Gasteiger partial charge in [0.2, 0.25) is 5.43 Å². The van der Waals surface area contributed by atoms with E-state index in [2.05, 4.69) is 9.97 Å². The molecule has 1 unspecified atom stereocenters. The van der Waals surface area contributed by atoms with Gasteiger partial charge in [0.25, 0.3) is 0 Å². The van der Waals surface area contributed by atoms with Crippen LogP contribution in [0, 0.1) is 5.82 Å². The summed E-state index contributed by atoms with van der Waals surface area (Å²) in [6.07, 6.45) is 6.32. The first-order chi connectivity index (χ1) is 16.8. The molecule has 3 aromatic rings. The second-order valence-corrected chi connectivity index (χ2v) is 9.74. The molecule has 0 amide bonds. The fourth-order valence-corrected chi connectivity index (χ4v) is 5.16. The molecule has 0 aliphatic carbocycles. The molecule has 5 rings (SSSR count). The molecule has 2 aliphatic heterocycles. The molecule has 184 valence electrons. The van der Waals surface area contributed by atoms with Crippen molar-refractivity contribution in [3.63, 3.8) is 0 Å². The van der Waals surface area contributed by atoms with E-state index in [0.717, 1.165) is 31.5 Å². The topological polar surface area (TPSA) is 135 Å². The average molecular weight is 503 g/mol. The van der Waals surface area contributed by atoms with Crippen molar-refractivity contribution >= 4 is 39.9 Å². The second-order valence-electron chi connectivity index (χ2n) is 8.86. The van der Waals surface area contributed by atoms with Gasteiger partial charge in [0, 0.05) is 30.8 Å². The zero-order chi connectivity index (χ0) is 24.7. The molecule has 2 aliphatic rings. The summed E-state index contributed by atoms with van der Waals surface area (Å²) in [6, 6.07) is 0.941. The zero-order valence-corrected chi connectivity index (χ0v) is 19.5. The Labute approximate surface area is 202 Å². The molecule has 35 heavy (non-hydrogen) atoms. The fourth-order valence-electron chi connectivity index (χ4n) is 4.54. The van der Waals surface area contributed by atoms with Crippen LogP contribution in [0.4, 0.5) is 10.2 Å². The number of carboxylic acids is 1. The van der Waals surface area contributed by atoms with Crippen molar-refractivity contribution in [2.24, 2.45) is 0 Å². The van der Waals surface area contributed by atoms with E-state index in [4.69, 9.17) is 4.74 Å². The van der Waals surface area contributed by atoms with Gasteiger partial charge >= 0.3 is 5.97 Å². The summed E-state index contributed by atoms with van der Waals surface area (Å²) >= 11 is 1.19. The summed E-state index contributed by atoms with van der Waals surface area (Å²) in [7, 11) is 0. The lowest BCUT2D eigenvalue weighted by Gasteiger charge is -2.46. The smallest absolute Gasteiger partial charge is 0.341 e. The zero-order valence-electron chi connectivity index (χ0n) is 18.6. The van der Waals surface area contributed by atoms with Crippen LogP contribution < -0.4 is 10.3 Å². The van der Waals surface area contributed by atoms with Crippen molar-refractivity contribution in [3.8, 4) is 5.13 Å². The lowest BCUT2D eigenvalue weighted by molar-refractivity contribution is -0.140. The molecule has 3 aromatic heterocycles. The number of hydrogen-bond donors (Lipinski definition) is 2. The Morgan fingerprint density at radius 2 is 2.11 bits per heavy atom. The van der Waals surface area contributed by atoms with Crippen molar-refractivity contribution in [1.82, 2.24) is 14.5 Å². The van der Waals surface area contributed by atoms with E-state index in [1.165, 1.54) is 27.0 Å². The highest BCUT2D eigenvalue weighted by Crippen LogP contribution is 2.32. The summed E-state index contributed by atoms with van der Waals surface area (Å²) in [6.45, 7) is 0.410. The number of fused-ring (bicyclic) bond motifs is 1. The molecule has 0 bridgehead atoms. The van der Waals surface area contributed by atoms with Crippen LogP contribution in [0.5, 0.6) is 0 Å². The maximum absolute atomic E-state index is 15.0. The number of hydrogen-bond acceptors (Lipinski definition) is 9. The quantitative estimate of drug-likeness (QED) is 0.498. The minimum atomic E-state index is -1.61. The fraction of sp³-hybridized carbons (Fsp3) is 0.435. The van der Waals surface area contributed by atoms with Gasteiger partial charge in [-0.05, 0) is 31.7 Å². The van der Waals surface area contributed by atoms with Crippen molar-refractivity contribution < 1.29 is 28.9 Å². The van der Waals surface area contributed by atoms with Gasteiger partial charge in [-0.25, -0.2) is 19.2 Å². The number of ether oxygens (including phenoxy) is 1. The van der Waals surface area contributed by atoms with Crippen LogP contribution in [0.15, 0.2) is 28.6 Å². The van der Waals surface area contributed by atoms with Crippen molar-refractivity contribution in [2.45, 2.75) is 43.8 Å². The monoisotopic (exact) mass is 502 g/mol. The molecule has 0 spiro atoms. The Hall–Kier alpha value is -3.22. The van der Waals surface area contributed by atoms with Gasteiger partial charge in [-0.3, -0.25) is 14.2 Å². The van der Waals surface area contributed by atoms with E-state index in [9.17, 15) is 24.6 Å². The molecule has 2 saturated heterocycles. The predicted octanol–water partition coefficient (Wildman–Crippen LogP) is 2.15. The molecule has 12 heteroatoms. The number of Topliss-reactive ketones (excluding diaryl/α,β-unsaturated/α-hetero) is 1. The Kier molecular flexibility index (Phi) is 6.11. The molecule has 10 nitrogen and oxygen atoms in total. The van der Waals surface area contributed by atoms with Crippen LogP contribution >= 0.6 is 11.3 Å². The van der Waals surface area contributed by atoms with Crippen molar-refractivity contribution in [1.29, 1.82) is 0 Å². The molecule has 0 aromatic carbocycles. The summed E-state index contributed by atoms with van der Waals surface area (Å²) in [5.74, 6) is -2.77. The standard InChI is InChI=1S/C23H23FN4O6S/c24-16-9-14-18(30)15(21(31)32)10-28(22-25-6-8-35-22)19(14)26-20(16)27-11-23(33,12-27)17(29)5-4-13-3-1-2-7-34-13/h6,8-10,13,33H,1-5,7,11-12H2,(H,31,32).